The normalized spacial score (nSPS) is 11.4. The molecule has 0 radical (unpaired) electrons. The molecule has 0 aliphatic carbocycles. The first-order valence-corrected chi connectivity index (χ1v) is 7.23. The molecule has 4 nitrogen and oxygen atoms in total. The average Bonchev–Trinajstić information content (AvgIpc) is 2.40. The molecule has 0 atom stereocenters. The van der Waals surface area contributed by atoms with E-state index in [1.165, 1.54) is 6.07 Å². The van der Waals surface area contributed by atoms with Crippen molar-refractivity contribution in [2.75, 3.05) is 11.9 Å². The molecule has 0 aliphatic heterocycles. The van der Waals surface area contributed by atoms with Crippen LogP contribution in [0.5, 0.6) is 5.75 Å². The van der Waals surface area contributed by atoms with Crippen molar-refractivity contribution in [1.82, 2.24) is 0 Å². The second-order valence-corrected chi connectivity index (χ2v) is 5.06. The number of hydrogen-bond acceptors (Lipinski definition) is 3. The predicted octanol–water partition coefficient (Wildman–Crippen LogP) is 4.31. The first-order valence-electron chi connectivity index (χ1n) is 6.10. The van der Waals surface area contributed by atoms with Crippen LogP contribution in [0.3, 0.4) is 0 Å². The Hall–Kier alpha value is -1.17. The minimum atomic E-state index is -0.875. The molecule has 0 unspecified atom stereocenters. The minimum Gasteiger partial charge on any atom is -0.493 e. The largest absolute Gasteiger partial charge is 0.493 e. The molecule has 1 rings (SSSR count). The Morgan fingerprint density at radius 3 is 2.47 bits per heavy atom. The molecule has 0 saturated carbocycles. The van der Waals surface area contributed by atoms with Crippen molar-refractivity contribution in [3.8, 4) is 5.75 Å². The maximum atomic E-state index is 13.4. The van der Waals surface area contributed by atoms with Crippen LogP contribution < -0.4 is 4.74 Å². The SMILES string of the molecule is CCC(CC)(CBr)COc1ccc([N+](=O)[O-])c(F)c1. The van der Waals surface area contributed by atoms with E-state index in [9.17, 15) is 14.5 Å². The van der Waals surface area contributed by atoms with Gasteiger partial charge in [-0.2, -0.15) is 4.39 Å². The summed E-state index contributed by atoms with van der Waals surface area (Å²) in [6, 6.07) is 3.60. The fraction of sp³-hybridized carbons (Fsp3) is 0.538. The van der Waals surface area contributed by atoms with Crippen molar-refractivity contribution in [3.05, 3.63) is 34.1 Å². The molecule has 0 spiro atoms. The number of nitro groups is 1. The third-order valence-corrected chi connectivity index (χ3v) is 4.63. The van der Waals surface area contributed by atoms with Gasteiger partial charge in [0.15, 0.2) is 0 Å². The van der Waals surface area contributed by atoms with Crippen LogP contribution in [0.4, 0.5) is 10.1 Å². The number of ether oxygens (including phenoxy) is 1. The zero-order chi connectivity index (χ0) is 14.5. The Morgan fingerprint density at radius 1 is 1.42 bits per heavy atom. The standard InChI is InChI=1S/C13H17BrFNO3/c1-3-13(4-2,8-14)9-19-10-5-6-12(16(17)18)11(15)7-10/h5-7H,3-4,8-9H2,1-2H3. The van der Waals surface area contributed by atoms with Crippen LogP contribution in [0.25, 0.3) is 0 Å². The Bertz CT molecular complexity index is 441. The van der Waals surface area contributed by atoms with Crippen LogP contribution in [-0.4, -0.2) is 16.9 Å². The number of nitro benzene ring substituents is 1. The minimum absolute atomic E-state index is 0.00173. The van der Waals surface area contributed by atoms with Gasteiger partial charge in [-0.25, -0.2) is 0 Å². The molecular weight excluding hydrogens is 317 g/mol. The zero-order valence-electron chi connectivity index (χ0n) is 11.0. The van der Waals surface area contributed by atoms with Crippen molar-refractivity contribution >= 4 is 21.6 Å². The molecule has 106 valence electrons. The van der Waals surface area contributed by atoms with Crippen molar-refractivity contribution in [1.29, 1.82) is 0 Å². The molecule has 0 aliphatic rings. The summed E-state index contributed by atoms with van der Waals surface area (Å²) >= 11 is 3.47. The molecule has 19 heavy (non-hydrogen) atoms. The van der Waals surface area contributed by atoms with E-state index < -0.39 is 16.4 Å². The lowest BCUT2D eigenvalue weighted by atomic mass is 9.86. The lowest BCUT2D eigenvalue weighted by Crippen LogP contribution is -2.29. The van der Waals surface area contributed by atoms with Gasteiger partial charge in [-0.1, -0.05) is 29.8 Å². The molecular formula is C13H17BrFNO3. The monoisotopic (exact) mass is 333 g/mol. The van der Waals surface area contributed by atoms with E-state index in [0.717, 1.165) is 30.3 Å². The predicted molar refractivity (Wildman–Crippen MR) is 75.4 cm³/mol. The van der Waals surface area contributed by atoms with Gasteiger partial charge in [0.05, 0.1) is 11.5 Å². The number of nitrogens with zero attached hydrogens (tertiary/aromatic N) is 1. The van der Waals surface area contributed by atoms with Crippen LogP contribution in [-0.2, 0) is 0 Å². The summed E-state index contributed by atoms with van der Waals surface area (Å²) < 4.78 is 19.0. The lowest BCUT2D eigenvalue weighted by Gasteiger charge is -2.29. The van der Waals surface area contributed by atoms with Crippen molar-refractivity contribution < 1.29 is 14.1 Å². The summed E-state index contributed by atoms with van der Waals surface area (Å²) in [6.07, 6.45) is 1.87. The highest BCUT2D eigenvalue weighted by molar-refractivity contribution is 9.09. The number of halogens is 2. The van der Waals surface area contributed by atoms with Gasteiger partial charge in [0.2, 0.25) is 5.82 Å². The van der Waals surface area contributed by atoms with Gasteiger partial charge in [0, 0.05) is 22.9 Å². The highest BCUT2D eigenvalue weighted by atomic mass is 79.9. The Morgan fingerprint density at radius 2 is 2.05 bits per heavy atom. The highest BCUT2D eigenvalue weighted by Crippen LogP contribution is 2.30. The van der Waals surface area contributed by atoms with E-state index in [4.69, 9.17) is 4.74 Å². The van der Waals surface area contributed by atoms with Crippen LogP contribution in [0.15, 0.2) is 18.2 Å². The summed E-state index contributed by atoms with van der Waals surface area (Å²) in [4.78, 5) is 9.76. The molecule has 1 aromatic rings. The van der Waals surface area contributed by atoms with Gasteiger partial charge >= 0.3 is 5.69 Å². The van der Waals surface area contributed by atoms with E-state index in [-0.39, 0.29) is 5.41 Å². The van der Waals surface area contributed by atoms with Crippen molar-refractivity contribution in [2.24, 2.45) is 5.41 Å². The second kappa shape index (κ2) is 6.84. The van der Waals surface area contributed by atoms with Gasteiger partial charge in [-0.15, -0.1) is 0 Å². The molecule has 0 bridgehead atoms. The maximum absolute atomic E-state index is 13.4. The smallest absolute Gasteiger partial charge is 0.305 e. The summed E-state index contributed by atoms with van der Waals surface area (Å²) in [7, 11) is 0. The fourth-order valence-corrected chi connectivity index (χ4v) is 2.60. The fourth-order valence-electron chi connectivity index (χ4n) is 1.64. The molecule has 6 heteroatoms. The third kappa shape index (κ3) is 3.89. The van der Waals surface area contributed by atoms with Gasteiger partial charge in [-0.05, 0) is 18.9 Å². The molecule has 0 heterocycles. The van der Waals surface area contributed by atoms with E-state index >= 15 is 0 Å². The van der Waals surface area contributed by atoms with Gasteiger partial charge < -0.3 is 4.74 Å². The first-order chi connectivity index (χ1) is 8.98. The van der Waals surface area contributed by atoms with Gasteiger partial charge in [0.1, 0.15) is 5.75 Å². The van der Waals surface area contributed by atoms with Crippen LogP contribution in [0.2, 0.25) is 0 Å². The molecule has 0 amide bonds. The van der Waals surface area contributed by atoms with E-state index in [1.54, 1.807) is 0 Å². The average molecular weight is 334 g/mol. The molecule has 0 fully saturated rings. The van der Waals surface area contributed by atoms with Gasteiger partial charge in [0.25, 0.3) is 0 Å². The topological polar surface area (TPSA) is 52.4 Å². The van der Waals surface area contributed by atoms with E-state index in [1.807, 2.05) is 0 Å². The number of benzene rings is 1. The quantitative estimate of drug-likeness (QED) is 0.424. The third-order valence-electron chi connectivity index (χ3n) is 3.44. The first kappa shape index (κ1) is 15.9. The van der Waals surface area contributed by atoms with Crippen LogP contribution >= 0.6 is 15.9 Å². The molecule has 0 saturated heterocycles. The van der Waals surface area contributed by atoms with E-state index in [2.05, 4.69) is 29.8 Å². The highest BCUT2D eigenvalue weighted by Gasteiger charge is 2.26. The molecule has 0 aromatic heterocycles. The zero-order valence-corrected chi connectivity index (χ0v) is 12.6. The molecule has 1 aromatic carbocycles. The van der Waals surface area contributed by atoms with Gasteiger partial charge in [-0.3, -0.25) is 10.1 Å². The Balaban J connectivity index is 2.78. The van der Waals surface area contributed by atoms with Crippen molar-refractivity contribution in [3.63, 3.8) is 0 Å². The summed E-state index contributed by atoms with van der Waals surface area (Å²) in [6.45, 7) is 4.59. The maximum Gasteiger partial charge on any atom is 0.305 e. The summed E-state index contributed by atoms with van der Waals surface area (Å²) in [5, 5.41) is 11.3. The van der Waals surface area contributed by atoms with E-state index in [0.29, 0.717) is 12.4 Å². The summed E-state index contributed by atoms with van der Waals surface area (Å²) in [5.41, 5.74) is -0.539. The number of alkyl halides is 1. The second-order valence-electron chi connectivity index (χ2n) is 4.50. The lowest BCUT2D eigenvalue weighted by molar-refractivity contribution is -0.387. The van der Waals surface area contributed by atoms with Crippen LogP contribution in [0.1, 0.15) is 26.7 Å². The van der Waals surface area contributed by atoms with Crippen molar-refractivity contribution in [2.45, 2.75) is 26.7 Å². The Labute approximate surface area is 120 Å². The Kier molecular flexibility index (Phi) is 5.72. The number of rotatable bonds is 7. The molecule has 0 N–H and O–H groups in total. The summed E-state index contributed by atoms with van der Waals surface area (Å²) in [5.74, 6) is -0.560. The van der Waals surface area contributed by atoms with Crippen LogP contribution in [0, 0.1) is 21.3 Å². The number of hydrogen-bond donors (Lipinski definition) is 0.